The number of fused-ring (bicyclic) bond motifs is 1. The van der Waals surface area contributed by atoms with Gasteiger partial charge in [0.2, 0.25) is 5.91 Å². The molecule has 0 radical (unpaired) electrons. The first-order valence-corrected chi connectivity index (χ1v) is 11.4. The highest BCUT2D eigenvalue weighted by molar-refractivity contribution is 5.76. The van der Waals surface area contributed by atoms with Crippen LogP contribution < -0.4 is 10.5 Å². The number of hydrogen-bond acceptors (Lipinski definition) is 4. The number of aryl methyl sites for hydroxylation is 1. The minimum absolute atomic E-state index is 0.252. The highest BCUT2D eigenvalue weighted by Gasteiger charge is 2.39. The second-order valence-electron chi connectivity index (χ2n) is 9.47. The number of nitrogens with zero attached hydrogens (tertiary/aromatic N) is 2. The van der Waals surface area contributed by atoms with E-state index in [2.05, 4.69) is 44.7 Å². The van der Waals surface area contributed by atoms with Crippen molar-refractivity contribution >= 4 is 11.6 Å². The van der Waals surface area contributed by atoms with Crippen LogP contribution in [-0.2, 0) is 17.6 Å². The summed E-state index contributed by atoms with van der Waals surface area (Å²) in [6.45, 7) is 12.7. The predicted octanol–water partition coefficient (Wildman–Crippen LogP) is 3.66. The first kappa shape index (κ1) is 21.7. The zero-order valence-corrected chi connectivity index (χ0v) is 19.3. The van der Waals surface area contributed by atoms with Crippen LogP contribution >= 0.6 is 0 Å². The molecule has 0 spiro atoms. The summed E-state index contributed by atoms with van der Waals surface area (Å²) in [7, 11) is 0. The van der Waals surface area contributed by atoms with Gasteiger partial charge in [0.1, 0.15) is 11.4 Å². The number of nitrogen functional groups attached to an aromatic ring is 1. The van der Waals surface area contributed by atoms with E-state index in [1.54, 1.807) is 0 Å². The SMILES string of the molecule is Cc1c(C)c2c(c(C)c1N)CC(C)(CN1CCN(C(=O)CCc3ccccc3)CC1)O2. The molecule has 2 aromatic carbocycles. The third-order valence-corrected chi connectivity index (χ3v) is 7.09. The fraction of sp³-hybridized carbons (Fsp3) is 0.500. The van der Waals surface area contributed by atoms with Gasteiger partial charge in [-0.1, -0.05) is 30.3 Å². The average Bonchev–Trinajstić information content (AvgIpc) is 3.13. The molecule has 166 valence electrons. The molecule has 0 aliphatic carbocycles. The average molecular weight is 422 g/mol. The summed E-state index contributed by atoms with van der Waals surface area (Å²) in [5, 5.41) is 0. The molecule has 2 N–H and O–H groups in total. The number of anilines is 1. The van der Waals surface area contributed by atoms with E-state index in [-0.39, 0.29) is 11.5 Å². The van der Waals surface area contributed by atoms with E-state index < -0.39 is 0 Å². The molecule has 1 saturated heterocycles. The molecule has 5 heteroatoms. The quantitative estimate of drug-likeness (QED) is 0.749. The van der Waals surface area contributed by atoms with E-state index in [0.717, 1.165) is 73.7 Å². The Bertz CT molecular complexity index is 926. The molecule has 2 aliphatic heterocycles. The van der Waals surface area contributed by atoms with E-state index in [1.165, 1.54) is 11.1 Å². The molecule has 0 saturated carbocycles. The van der Waals surface area contributed by atoms with Gasteiger partial charge >= 0.3 is 0 Å². The van der Waals surface area contributed by atoms with Crippen LogP contribution in [-0.4, -0.2) is 54.0 Å². The summed E-state index contributed by atoms with van der Waals surface area (Å²) in [5.74, 6) is 1.29. The zero-order valence-electron chi connectivity index (χ0n) is 19.3. The lowest BCUT2D eigenvalue weighted by atomic mass is 9.91. The van der Waals surface area contributed by atoms with Crippen LogP contribution in [0, 0.1) is 20.8 Å². The summed E-state index contributed by atoms with van der Waals surface area (Å²) >= 11 is 0. The number of hydrogen-bond donors (Lipinski definition) is 1. The van der Waals surface area contributed by atoms with E-state index in [9.17, 15) is 4.79 Å². The lowest BCUT2D eigenvalue weighted by Gasteiger charge is -2.38. The molecule has 2 aliphatic rings. The van der Waals surface area contributed by atoms with E-state index in [4.69, 9.17) is 10.5 Å². The van der Waals surface area contributed by atoms with Crippen LogP contribution in [0.25, 0.3) is 0 Å². The normalized spacial score (nSPS) is 21.1. The fourth-order valence-electron chi connectivity index (χ4n) is 4.99. The first-order chi connectivity index (χ1) is 14.8. The molecule has 1 fully saturated rings. The Morgan fingerprint density at radius 1 is 1.03 bits per heavy atom. The number of rotatable bonds is 5. The minimum atomic E-state index is -0.252. The maximum atomic E-state index is 12.6. The van der Waals surface area contributed by atoms with Crippen molar-refractivity contribution in [2.75, 3.05) is 38.5 Å². The molecule has 1 unspecified atom stereocenters. The summed E-state index contributed by atoms with van der Waals surface area (Å²) in [6.07, 6.45) is 2.28. The third-order valence-electron chi connectivity index (χ3n) is 7.09. The largest absolute Gasteiger partial charge is 0.485 e. The monoisotopic (exact) mass is 421 g/mol. The second-order valence-corrected chi connectivity index (χ2v) is 9.47. The van der Waals surface area contributed by atoms with Crippen LogP contribution in [0.4, 0.5) is 5.69 Å². The van der Waals surface area contributed by atoms with Crippen molar-refractivity contribution in [2.24, 2.45) is 0 Å². The van der Waals surface area contributed by atoms with Crippen molar-refractivity contribution in [3.8, 4) is 5.75 Å². The number of benzene rings is 2. The number of carbonyl (C=O) groups excluding carboxylic acids is 1. The molecule has 0 bridgehead atoms. The summed E-state index contributed by atoms with van der Waals surface area (Å²) in [5.41, 5.74) is 12.9. The maximum Gasteiger partial charge on any atom is 0.222 e. The van der Waals surface area contributed by atoms with E-state index in [0.29, 0.717) is 6.42 Å². The van der Waals surface area contributed by atoms with Crippen LogP contribution in [0.2, 0.25) is 0 Å². The number of ether oxygens (including phenoxy) is 1. The Kier molecular flexibility index (Phi) is 5.98. The Labute approximate surface area is 186 Å². The summed E-state index contributed by atoms with van der Waals surface area (Å²) in [6, 6.07) is 10.2. The van der Waals surface area contributed by atoms with Gasteiger partial charge in [0, 0.05) is 56.8 Å². The molecule has 4 rings (SSSR count). The van der Waals surface area contributed by atoms with Crippen molar-refractivity contribution in [1.82, 2.24) is 9.80 Å². The topological polar surface area (TPSA) is 58.8 Å². The van der Waals surface area contributed by atoms with Crippen molar-refractivity contribution in [3.05, 3.63) is 58.1 Å². The minimum Gasteiger partial charge on any atom is -0.485 e. The maximum absolute atomic E-state index is 12.6. The summed E-state index contributed by atoms with van der Waals surface area (Å²) < 4.78 is 6.53. The van der Waals surface area contributed by atoms with Crippen LogP contribution in [0.1, 0.15) is 41.2 Å². The number of amides is 1. The van der Waals surface area contributed by atoms with Gasteiger partial charge in [-0.3, -0.25) is 9.69 Å². The van der Waals surface area contributed by atoms with Crippen LogP contribution in [0.5, 0.6) is 5.75 Å². The smallest absolute Gasteiger partial charge is 0.222 e. The van der Waals surface area contributed by atoms with Crippen molar-refractivity contribution in [2.45, 2.75) is 52.6 Å². The van der Waals surface area contributed by atoms with Gasteiger partial charge in [0.25, 0.3) is 0 Å². The van der Waals surface area contributed by atoms with Gasteiger partial charge in [-0.25, -0.2) is 0 Å². The Morgan fingerprint density at radius 3 is 2.39 bits per heavy atom. The Hall–Kier alpha value is -2.53. The molecule has 1 atom stereocenters. The molecule has 31 heavy (non-hydrogen) atoms. The van der Waals surface area contributed by atoms with Gasteiger partial charge in [0.05, 0.1) is 0 Å². The van der Waals surface area contributed by atoms with Gasteiger partial charge in [-0.2, -0.15) is 0 Å². The number of carbonyl (C=O) groups is 1. The number of nitrogens with two attached hydrogens (primary N) is 1. The number of piperazine rings is 1. The van der Waals surface area contributed by atoms with E-state index >= 15 is 0 Å². The van der Waals surface area contributed by atoms with Gasteiger partial charge in [-0.15, -0.1) is 0 Å². The molecular weight excluding hydrogens is 386 g/mol. The fourth-order valence-corrected chi connectivity index (χ4v) is 4.99. The zero-order chi connectivity index (χ0) is 22.2. The Balaban J connectivity index is 1.31. The molecular formula is C26H35N3O2. The van der Waals surface area contributed by atoms with Crippen molar-refractivity contribution in [3.63, 3.8) is 0 Å². The van der Waals surface area contributed by atoms with E-state index in [1.807, 2.05) is 23.1 Å². The standard InChI is InChI=1S/C26H35N3O2/c1-18-19(2)25-22(20(3)24(18)27)16-26(4,31-25)17-28-12-14-29(15-13-28)23(30)11-10-21-8-6-5-7-9-21/h5-9H,10-17,27H2,1-4H3. The lowest BCUT2D eigenvalue weighted by Crippen LogP contribution is -2.53. The first-order valence-electron chi connectivity index (χ1n) is 11.4. The lowest BCUT2D eigenvalue weighted by molar-refractivity contribution is -0.133. The highest BCUT2D eigenvalue weighted by atomic mass is 16.5. The van der Waals surface area contributed by atoms with Crippen molar-refractivity contribution < 1.29 is 9.53 Å². The third kappa shape index (κ3) is 4.42. The van der Waals surface area contributed by atoms with Crippen LogP contribution in [0.3, 0.4) is 0 Å². The van der Waals surface area contributed by atoms with Gasteiger partial charge in [-0.05, 0) is 56.4 Å². The molecule has 2 aromatic rings. The predicted molar refractivity (Wildman–Crippen MR) is 126 cm³/mol. The highest BCUT2D eigenvalue weighted by Crippen LogP contribution is 2.43. The molecule has 1 amide bonds. The summed E-state index contributed by atoms with van der Waals surface area (Å²) in [4.78, 5) is 17.1. The Morgan fingerprint density at radius 2 is 1.71 bits per heavy atom. The van der Waals surface area contributed by atoms with Crippen molar-refractivity contribution in [1.29, 1.82) is 0 Å². The second kappa shape index (κ2) is 8.54. The molecule has 0 aromatic heterocycles. The van der Waals surface area contributed by atoms with Gasteiger partial charge < -0.3 is 15.4 Å². The molecule has 5 nitrogen and oxygen atoms in total. The molecule has 2 heterocycles. The van der Waals surface area contributed by atoms with Gasteiger partial charge in [0.15, 0.2) is 0 Å². The van der Waals surface area contributed by atoms with Crippen LogP contribution in [0.15, 0.2) is 30.3 Å².